The van der Waals surface area contributed by atoms with Gasteiger partial charge in [-0.2, -0.15) is 0 Å². The largest absolute Gasteiger partial charge is 0.504 e. The summed E-state index contributed by atoms with van der Waals surface area (Å²) in [4.78, 5) is 26.2. The van der Waals surface area contributed by atoms with Gasteiger partial charge in [0.25, 0.3) is 0 Å². The Labute approximate surface area is 157 Å². The maximum atomic E-state index is 12.8. The summed E-state index contributed by atoms with van der Waals surface area (Å²) >= 11 is 0. The van der Waals surface area contributed by atoms with E-state index in [0.29, 0.717) is 37.4 Å². The van der Waals surface area contributed by atoms with Gasteiger partial charge in [-0.1, -0.05) is 6.07 Å². The van der Waals surface area contributed by atoms with Crippen molar-refractivity contribution >= 4 is 12.1 Å². The van der Waals surface area contributed by atoms with Crippen molar-refractivity contribution in [3.63, 3.8) is 0 Å². The van der Waals surface area contributed by atoms with E-state index >= 15 is 0 Å². The quantitative estimate of drug-likeness (QED) is 0.772. The van der Waals surface area contributed by atoms with Gasteiger partial charge in [-0.05, 0) is 49.8 Å². The molecule has 6 rings (SSSR count). The number of benzene rings is 1. The van der Waals surface area contributed by atoms with Crippen LogP contribution in [0.4, 0.5) is 0 Å². The number of carbonyl (C=O) groups is 2. The Hall–Kier alpha value is -1.92. The van der Waals surface area contributed by atoms with E-state index in [1.165, 1.54) is 0 Å². The number of hydrogen-bond donors (Lipinski definition) is 2. The molecule has 1 aromatic rings. The summed E-state index contributed by atoms with van der Waals surface area (Å²) in [6.45, 7) is 1.60. The molecule has 142 valence electrons. The molecule has 2 heterocycles. The third-order valence-electron chi connectivity index (χ3n) is 7.99. The molecule has 6 nitrogen and oxygen atoms in total. The number of hydrogen-bond acceptors (Lipinski definition) is 6. The minimum atomic E-state index is -1.04. The molecule has 5 aliphatic rings. The van der Waals surface area contributed by atoms with Crippen LogP contribution in [0.3, 0.4) is 0 Å². The second-order valence-electron chi connectivity index (χ2n) is 9.07. The molecule has 1 unspecified atom stereocenters. The van der Waals surface area contributed by atoms with Gasteiger partial charge < -0.3 is 19.7 Å². The number of rotatable bonds is 3. The predicted octanol–water partition coefficient (Wildman–Crippen LogP) is 0.950. The van der Waals surface area contributed by atoms with E-state index in [4.69, 9.17) is 4.74 Å². The molecular formula is C21H23NO5. The van der Waals surface area contributed by atoms with E-state index in [9.17, 15) is 19.8 Å². The molecule has 2 aliphatic heterocycles. The normalized spacial score (nSPS) is 43.8. The van der Waals surface area contributed by atoms with Crippen LogP contribution in [-0.2, 0) is 21.4 Å². The van der Waals surface area contributed by atoms with Gasteiger partial charge >= 0.3 is 0 Å². The van der Waals surface area contributed by atoms with Crippen molar-refractivity contribution in [3.8, 4) is 11.5 Å². The number of aromatic hydroxyl groups is 1. The number of aldehydes is 1. The van der Waals surface area contributed by atoms with Gasteiger partial charge in [-0.3, -0.25) is 9.69 Å². The lowest BCUT2D eigenvalue weighted by Crippen LogP contribution is -2.76. The minimum absolute atomic E-state index is 0.0264. The fourth-order valence-corrected chi connectivity index (χ4v) is 6.58. The van der Waals surface area contributed by atoms with Crippen LogP contribution < -0.4 is 4.74 Å². The van der Waals surface area contributed by atoms with Crippen molar-refractivity contribution < 1.29 is 24.5 Å². The monoisotopic (exact) mass is 369 g/mol. The smallest absolute Gasteiger partial charge is 0.174 e. The second kappa shape index (κ2) is 4.92. The van der Waals surface area contributed by atoms with Crippen molar-refractivity contribution in [1.82, 2.24) is 4.90 Å². The average molecular weight is 369 g/mol. The number of aliphatic hydroxyl groups is 1. The molecule has 1 spiro atoms. The highest BCUT2D eigenvalue weighted by Crippen LogP contribution is 2.64. The van der Waals surface area contributed by atoms with Crippen LogP contribution in [0.25, 0.3) is 0 Å². The first-order valence-corrected chi connectivity index (χ1v) is 9.96. The molecule has 1 saturated heterocycles. The van der Waals surface area contributed by atoms with Gasteiger partial charge in [0.2, 0.25) is 0 Å². The predicted molar refractivity (Wildman–Crippen MR) is 94.7 cm³/mol. The zero-order valence-electron chi connectivity index (χ0n) is 15.1. The Kier molecular flexibility index (Phi) is 2.93. The highest BCUT2D eigenvalue weighted by molar-refractivity contribution is 5.90. The Balaban J connectivity index is 1.49. The molecule has 6 heteroatoms. The zero-order chi connectivity index (χ0) is 18.6. The summed E-state index contributed by atoms with van der Waals surface area (Å²) in [7, 11) is 0. The molecule has 2 N–H and O–H groups in total. The van der Waals surface area contributed by atoms with Crippen molar-refractivity contribution in [1.29, 1.82) is 0 Å². The van der Waals surface area contributed by atoms with E-state index in [2.05, 4.69) is 4.90 Å². The number of nitrogens with zero attached hydrogens (tertiary/aromatic N) is 1. The van der Waals surface area contributed by atoms with Crippen LogP contribution in [-0.4, -0.2) is 58.0 Å². The maximum absolute atomic E-state index is 12.8. The number of Topliss-reactive ketones (excluding diaryl/α,β-unsaturated/α-hetero) is 1. The standard InChI is InChI=1S/C21H23NO5/c23-10-13-7-12(13)9-22-6-5-20-17-11-1-2-14(24)18(17)27-19(20)15(25)3-4-21(20,26)16(22)8-11/h1-2,10,12-13,16,19,24,26H,3-9H2/t12?,13-,16+,19-,20-,21+/m0/s1. The Morgan fingerprint density at radius 1 is 1.33 bits per heavy atom. The summed E-state index contributed by atoms with van der Waals surface area (Å²) < 4.78 is 6.03. The summed E-state index contributed by atoms with van der Waals surface area (Å²) in [5.74, 6) is 1.03. The molecule has 0 aromatic heterocycles. The lowest BCUT2D eigenvalue weighted by atomic mass is 9.49. The van der Waals surface area contributed by atoms with E-state index in [-0.39, 0.29) is 23.5 Å². The number of carbonyl (C=O) groups excluding carboxylic acids is 2. The number of phenolic OH excluding ortho intramolecular Hbond substituents is 1. The number of likely N-dealkylation sites (tertiary alicyclic amines) is 1. The third kappa shape index (κ3) is 1.74. The van der Waals surface area contributed by atoms with Crippen LogP contribution in [0.15, 0.2) is 12.1 Å². The first kappa shape index (κ1) is 16.1. The highest BCUT2D eigenvalue weighted by atomic mass is 16.5. The number of piperidine rings is 1. The zero-order valence-corrected chi connectivity index (χ0v) is 15.1. The van der Waals surface area contributed by atoms with E-state index in [0.717, 1.165) is 36.9 Å². The molecule has 1 aromatic carbocycles. The first-order valence-electron chi connectivity index (χ1n) is 9.96. The minimum Gasteiger partial charge on any atom is -0.504 e. The van der Waals surface area contributed by atoms with Crippen LogP contribution in [0.5, 0.6) is 11.5 Å². The lowest BCUT2D eigenvalue weighted by molar-refractivity contribution is -0.189. The topological polar surface area (TPSA) is 87.1 Å². The van der Waals surface area contributed by atoms with Crippen LogP contribution in [0, 0.1) is 11.8 Å². The molecule has 0 amide bonds. The van der Waals surface area contributed by atoms with Gasteiger partial charge in [0.1, 0.15) is 6.29 Å². The van der Waals surface area contributed by atoms with Crippen molar-refractivity contribution in [2.75, 3.05) is 13.1 Å². The van der Waals surface area contributed by atoms with Gasteiger partial charge in [0.05, 0.1) is 11.0 Å². The van der Waals surface area contributed by atoms with Gasteiger partial charge in [0, 0.05) is 30.5 Å². The summed E-state index contributed by atoms with van der Waals surface area (Å²) in [6, 6.07) is 3.48. The van der Waals surface area contributed by atoms with Gasteiger partial charge in [-0.25, -0.2) is 0 Å². The number of ketones is 1. The Morgan fingerprint density at radius 3 is 2.96 bits per heavy atom. The van der Waals surface area contributed by atoms with Crippen molar-refractivity contribution in [2.45, 2.75) is 55.3 Å². The number of phenols is 1. The van der Waals surface area contributed by atoms with Crippen LogP contribution in [0.1, 0.15) is 36.8 Å². The number of ether oxygens (including phenoxy) is 1. The Bertz CT molecular complexity index is 884. The molecule has 2 saturated carbocycles. The lowest BCUT2D eigenvalue weighted by Gasteiger charge is -2.62. The fourth-order valence-electron chi connectivity index (χ4n) is 6.58. The third-order valence-corrected chi connectivity index (χ3v) is 7.99. The van der Waals surface area contributed by atoms with Crippen molar-refractivity contribution in [3.05, 3.63) is 23.3 Å². The maximum Gasteiger partial charge on any atom is 0.174 e. The van der Waals surface area contributed by atoms with E-state index < -0.39 is 17.1 Å². The van der Waals surface area contributed by atoms with E-state index in [1.807, 2.05) is 6.07 Å². The molecular weight excluding hydrogens is 346 g/mol. The Morgan fingerprint density at radius 2 is 2.19 bits per heavy atom. The van der Waals surface area contributed by atoms with Gasteiger partial charge in [0.15, 0.2) is 23.4 Å². The molecule has 6 atom stereocenters. The van der Waals surface area contributed by atoms with Crippen LogP contribution in [0.2, 0.25) is 0 Å². The van der Waals surface area contributed by atoms with Gasteiger partial charge in [-0.15, -0.1) is 0 Å². The molecule has 0 radical (unpaired) electrons. The fraction of sp³-hybridized carbons (Fsp3) is 0.619. The SMILES string of the molecule is O=C[C@@H]1CC1CN1CC[C@]23c4c5ccc(O)c4O[C@H]2C(=O)CC[C@@]3(O)[C@H]1C5. The molecule has 27 heavy (non-hydrogen) atoms. The summed E-state index contributed by atoms with van der Waals surface area (Å²) in [6.07, 6.45) is 3.35. The first-order chi connectivity index (χ1) is 13.0. The van der Waals surface area contributed by atoms with E-state index in [1.54, 1.807) is 6.07 Å². The molecule has 3 fully saturated rings. The molecule has 3 aliphatic carbocycles. The second-order valence-corrected chi connectivity index (χ2v) is 9.07. The molecule has 2 bridgehead atoms. The van der Waals surface area contributed by atoms with Crippen molar-refractivity contribution in [2.24, 2.45) is 11.8 Å². The summed E-state index contributed by atoms with van der Waals surface area (Å²) in [5.41, 5.74) is 0.151. The average Bonchev–Trinajstić information content (AvgIpc) is 3.30. The highest BCUT2D eigenvalue weighted by Gasteiger charge is 2.73. The van der Waals surface area contributed by atoms with Crippen LogP contribution >= 0.6 is 0 Å². The summed E-state index contributed by atoms with van der Waals surface area (Å²) in [5, 5.41) is 22.4.